The summed E-state index contributed by atoms with van der Waals surface area (Å²) in [4.78, 5) is 11.9. The van der Waals surface area contributed by atoms with Crippen LogP contribution < -0.4 is 15.4 Å². The number of likely N-dealkylation sites (N-methyl/N-ethyl adjacent to an activating group) is 1. The minimum Gasteiger partial charge on any atom is -0.494 e. The number of benzene rings is 1. The summed E-state index contributed by atoms with van der Waals surface area (Å²) in [5.41, 5.74) is 1.67. The second kappa shape index (κ2) is 8.77. The molecule has 0 spiro atoms. The molecule has 0 heterocycles. The summed E-state index contributed by atoms with van der Waals surface area (Å²) in [6.07, 6.45) is 0. The summed E-state index contributed by atoms with van der Waals surface area (Å²) >= 11 is 0. The van der Waals surface area contributed by atoms with Crippen LogP contribution in [0.1, 0.15) is 29.8 Å². The molecule has 0 aliphatic heterocycles. The minimum atomic E-state index is -0.0712. The number of hydrogen-bond donors (Lipinski definition) is 2. The van der Waals surface area contributed by atoms with Gasteiger partial charge in [-0.3, -0.25) is 4.79 Å². The van der Waals surface area contributed by atoms with Crippen LogP contribution in [0, 0.1) is 6.92 Å². The van der Waals surface area contributed by atoms with E-state index < -0.39 is 0 Å². The van der Waals surface area contributed by atoms with Crippen molar-refractivity contribution in [1.29, 1.82) is 0 Å². The van der Waals surface area contributed by atoms with Gasteiger partial charge in [-0.15, -0.1) is 12.4 Å². The highest BCUT2D eigenvalue weighted by molar-refractivity contribution is 5.94. The van der Waals surface area contributed by atoms with E-state index in [-0.39, 0.29) is 24.4 Å². The molecule has 0 radical (unpaired) electrons. The molecule has 0 aliphatic carbocycles. The van der Waals surface area contributed by atoms with Gasteiger partial charge in [-0.1, -0.05) is 6.07 Å². The van der Waals surface area contributed by atoms with E-state index in [1.807, 2.05) is 40.0 Å². The molecule has 108 valence electrons. The zero-order valence-electron chi connectivity index (χ0n) is 11.9. The largest absolute Gasteiger partial charge is 0.494 e. The molecular formula is C14H23ClN2O2. The first-order valence-electron chi connectivity index (χ1n) is 6.27. The van der Waals surface area contributed by atoms with E-state index in [2.05, 4.69) is 10.6 Å². The summed E-state index contributed by atoms with van der Waals surface area (Å²) in [6, 6.07) is 5.77. The lowest BCUT2D eigenvalue weighted by Gasteiger charge is -2.13. The third kappa shape index (κ3) is 5.49. The number of aryl methyl sites for hydroxylation is 1. The molecule has 5 heteroatoms. The van der Waals surface area contributed by atoms with Crippen LogP contribution >= 0.6 is 12.4 Å². The molecule has 1 unspecified atom stereocenters. The summed E-state index contributed by atoms with van der Waals surface area (Å²) in [6.45, 7) is 7.12. The number of carbonyl (C=O) groups is 1. The fraction of sp³-hybridized carbons (Fsp3) is 0.500. The van der Waals surface area contributed by atoms with Crippen LogP contribution in [0.3, 0.4) is 0 Å². The highest BCUT2D eigenvalue weighted by Crippen LogP contribution is 2.19. The van der Waals surface area contributed by atoms with E-state index in [9.17, 15) is 4.79 Å². The van der Waals surface area contributed by atoms with Gasteiger partial charge < -0.3 is 15.4 Å². The predicted molar refractivity (Wildman–Crippen MR) is 80.5 cm³/mol. The van der Waals surface area contributed by atoms with Gasteiger partial charge in [-0.05, 0) is 45.5 Å². The molecule has 1 atom stereocenters. The van der Waals surface area contributed by atoms with Crippen molar-refractivity contribution in [1.82, 2.24) is 10.6 Å². The van der Waals surface area contributed by atoms with Crippen molar-refractivity contribution in [2.75, 3.05) is 20.2 Å². The number of rotatable bonds is 6. The van der Waals surface area contributed by atoms with E-state index in [1.54, 1.807) is 6.07 Å². The zero-order valence-corrected chi connectivity index (χ0v) is 12.8. The van der Waals surface area contributed by atoms with Gasteiger partial charge >= 0.3 is 0 Å². The molecule has 1 aromatic rings. The fourth-order valence-corrected chi connectivity index (χ4v) is 1.50. The van der Waals surface area contributed by atoms with E-state index in [0.717, 1.165) is 11.3 Å². The summed E-state index contributed by atoms with van der Waals surface area (Å²) < 4.78 is 5.48. The van der Waals surface area contributed by atoms with Crippen LogP contribution in [0.2, 0.25) is 0 Å². The maximum absolute atomic E-state index is 11.9. The van der Waals surface area contributed by atoms with Gasteiger partial charge in [-0.25, -0.2) is 0 Å². The van der Waals surface area contributed by atoms with Crippen LogP contribution in [0.5, 0.6) is 5.75 Å². The quantitative estimate of drug-likeness (QED) is 0.842. The topological polar surface area (TPSA) is 50.4 Å². The number of carbonyl (C=O) groups excluding carboxylic acids is 1. The second-order valence-corrected chi connectivity index (χ2v) is 4.31. The van der Waals surface area contributed by atoms with Gasteiger partial charge in [0.2, 0.25) is 0 Å². The van der Waals surface area contributed by atoms with Crippen LogP contribution in [0.4, 0.5) is 0 Å². The van der Waals surface area contributed by atoms with E-state index in [0.29, 0.717) is 18.7 Å². The number of halogens is 1. The third-order valence-electron chi connectivity index (χ3n) is 2.81. The van der Waals surface area contributed by atoms with Gasteiger partial charge in [0.1, 0.15) is 5.75 Å². The first-order valence-corrected chi connectivity index (χ1v) is 6.27. The van der Waals surface area contributed by atoms with Crippen LogP contribution in [0.25, 0.3) is 0 Å². The van der Waals surface area contributed by atoms with Crippen molar-refractivity contribution < 1.29 is 9.53 Å². The van der Waals surface area contributed by atoms with Crippen molar-refractivity contribution in [3.63, 3.8) is 0 Å². The Balaban J connectivity index is 0.00000324. The average molecular weight is 287 g/mol. The third-order valence-corrected chi connectivity index (χ3v) is 2.81. The van der Waals surface area contributed by atoms with Gasteiger partial charge in [0, 0.05) is 18.2 Å². The Kier molecular flexibility index (Phi) is 8.19. The highest BCUT2D eigenvalue weighted by atomic mass is 35.5. The van der Waals surface area contributed by atoms with Gasteiger partial charge in [-0.2, -0.15) is 0 Å². The van der Waals surface area contributed by atoms with Gasteiger partial charge in [0.05, 0.1) is 6.61 Å². The molecule has 1 amide bonds. The van der Waals surface area contributed by atoms with Crippen LogP contribution in [-0.4, -0.2) is 32.1 Å². The van der Waals surface area contributed by atoms with Crippen LogP contribution in [-0.2, 0) is 0 Å². The van der Waals surface area contributed by atoms with Crippen molar-refractivity contribution in [3.05, 3.63) is 29.3 Å². The number of ether oxygens (including phenoxy) is 1. The summed E-state index contributed by atoms with van der Waals surface area (Å²) in [7, 11) is 1.87. The Labute approximate surface area is 121 Å². The molecule has 0 bridgehead atoms. The minimum absolute atomic E-state index is 0. The molecule has 0 aromatic heterocycles. The highest BCUT2D eigenvalue weighted by Gasteiger charge is 2.09. The number of nitrogens with one attached hydrogen (secondary N) is 2. The Hall–Kier alpha value is -1.26. The lowest BCUT2D eigenvalue weighted by molar-refractivity contribution is 0.0950. The fourth-order valence-electron chi connectivity index (χ4n) is 1.50. The standard InChI is InChI=1S/C14H22N2O2.ClH/c1-5-18-13-8-12(7-6-10(13)2)14(17)16-9-11(3)15-4;/h6-8,11,15H,5,9H2,1-4H3,(H,16,17);1H. The normalized spacial score (nSPS) is 11.4. The van der Waals surface area contributed by atoms with E-state index in [4.69, 9.17) is 4.74 Å². The average Bonchev–Trinajstić information content (AvgIpc) is 2.38. The van der Waals surface area contributed by atoms with Gasteiger partial charge in [0.15, 0.2) is 0 Å². The molecule has 2 N–H and O–H groups in total. The van der Waals surface area contributed by atoms with Gasteiger partial charge in [0.25, 0.3) is 5.91 Å². The molecule has 1 rings (SSSR count). The van der Waals surface area contributed by atoms with Crippen molar-refractivity contribution in [3.8, 4) is 5.75 Å². The smallest absolute Gasteiger partial charge is 0.251 e. The monoisotopic (exact) mass is 286 g/mol. The van der Waals surface area contributed by atoms with E-state index in [1.165, 1.54) is 0 Å². The lowest BCUT2D eigenvalue weighted by atomic mass is 10.1. The first-order chi connectivity index (χ1) is 8.58. The first kappa shape index (κ1) is 17.7. The molecular weight excluding hydrogens is 264 g/mol. The maximum atomic E-state index is 11.9. The zero-order chi connectivity index (χ0) is 13.5. The number of hydrogen-bond acceptors (Lipinski definition) is 3. The maximum Gasteiger partial charge on any atom is 0.251 e. The molecule has 0 aliphatic rings. The van der Waals surface area contributed by atoms with Crippen molar-refractivity contribution in [2.45, 2.75) is 26.8 Å². The van der Waals surface area contributed by atoms with Crippen LogP contribution in [0.15, 0.2) is 18.2 Å². The Morgan fingerprint density at radius 1 is 1.42 bits per heavy atom. The summed E-state index contributed by atoms with van der Waals surface area (Å²) in [5.74, 6) is 0.699. The SMILES string of the molecule is CCOc1cc(C(=O)NCC(C)NC)ccc1C.Cl. The molecule has 1 aromatic carbocycles. The molecule has 0 saturated carbocycles. The Morgan fingerprint density at radius 3 is 2.68 bits per heavy atom. The predicted octanol–water partition coefficient (Wildman–Crippen LogP) is 2.15. The number of amides is 1. The van der Waals surface area contributed by atoms with Crippen molar-refractivity contribution >= 4 is 18.3 Å². The summed E-state index contributed by atoms with van der Waals surface area (Å²) in [5, 5.41) is 5.95. The molecule has 4 nitrogen and oxygen atoms in total. The molecule has 0 fully saturated rings. The second-order valence-electron chi connectivity index (χ2n) is 4.31. The Morgan fingerprint density at radius 2 is 2.11 bits per heavy atom. The molecule has 19 heavy (non-hydrogen) atoms. The van der Waals surface area contributed by atoms with Crippen molar-refractivity contribution in [2.24, 2.45) is 0 Å². The lowest BCUT2D eigenvalue weighted by Crippen LogP contribution is -2.37. The Bertz CT molecular complexity index is 410. The van der Waals surface area contributed by atoms with E-state index >= 15 is 0 Å². The molecule has 0 saturated heterocycles.